The number of allylic oxidation sites excluding steroid dienone is 2. The van der Waals surface area contributed by atoms with Crippen LogP contribution in [0.4, 0.5) is 0 Å². The molecule has 1 aromatic carbocycles. The van der Waals surface area contributed by atoms with Crippen LogP contribution in [0, 0.1) is 5.41 Å². The Balaban J connectivity index is 2.47. The maximum atomic E-state index is 12.4. The van der Waals surface area contributed by atoms with Gasteiger partial charge in [-0.3, -0.25) is 4.79 Å². The second-order valence-electron chi connectivity index (χ2n) is 6.60. The van der Waals surface area contributed by atoms with Crippen molar-refractivity contribution in [3.05, 3.63) is 59.2 Å². The van der Waals surface area contributed by atoms with Gasteiger partial charge in [-0.15, -0.1) is 0 Å². The van der Waals surface area contributed by atoms with Crippen LogP contribution in [0.3, 0.4) is 0 Å². The molecule has 2 N–H and O–H groups in total. The van der Waals surface area contributed by atoms with Gasteiger partial charge in [0.1, 0.15) is 5.60 Å². The van der Waals surface area contributed by atoms with E-state index in [4.69, 9.17) is 4.74 Å². The predicted molar refractivity (Wildman–Crippen MR) is 94.0 cm³/mol. The fourth-order valence-electron chi connectivity index (χ4n) is 3.11. The highest BCUT2D eigenvalue weighted by Gasteiger charge is 2.52. The Kier molecular flexibility index (Phi) is 5.60. The van der Waals surface area contributed by atoms with Crippen molar-refractivity contribution in [2.45, 2.75) is 32.8 Å². The maximum Gasteiger partial charge on any atom is 0.330 e. The minimum atomic E-state index is -1.53. The Bertz CT molecular complexity index is 733. The van der Waals surface area contributed by atoms with E-state index in [-0.39, 0.29) is 25.4 Å². The molecule has 0 fully saturated rings. The Hall–Kier alpha value is -2.24. The minimum Gasteiger partial charge on any atom is -0.463 e. The predicted octanol–water partition coefficient (Wildman–Crippen LogP) is 2.52. The first-order valence-electron chi connectivity index (χ1n) is 8.27. The van der Waals surface area contributed by atoms with Crippen LogP contribution in [0.15, 0.2) is 48.1 Å². The number of benzene rings is 1. The molecule has 0 radical (unpaired) electrons. The number of hydrogen-bond donors (Lipinski definition) is 2. The standard InChI is InChI=1S/C20H24O5/c1-4-25-18(23)11-14(2)9-10-20(24)16-8-6-5-7-15(16)17(22)12-19(20,3)13-21/h5-11,21,24H,4,12-13H2,1-3H3/b10-9+,14-11-/t19-,20+/m1/s1. The number of hydrogen-bond acceptors (Lipinski definition) is 5. The average Bonchev–Trinajstić information content (AvgIpc) is 2.58. The highest BCUT2D eigenvalue weighted by molar-refractivity contribution is 6.00. The number of aliphatic hydroxyl groups excluding tert-OH is 1. The zero-order valence-electron chi connectivity index (χ0n) is 14.8. The summed E-state index contributed by atoms with van der Waals surface area (Å²) in [7, 11) is 0. The van der Waals surface area contributed by atoms with Gasteiger partial charge in [-0.1, -0.05) is 37.3 Å². The van der Waals surface area contributed by atoms with Crippen molar-refractivity contribution in [3.8, 4) is 0 Å². The highest BCUT2D eigenvalue weighted by atomic mass is 16.5. The number of carbonyl (C=O) groups is 2. The minimum absolute atomic E-state index is 0.0298. The SMILES string of the molecule is CCOC(=O)/C=C(C)\C=C\[C@]1(O)c2ccccc2C(=O)C[C@]1(C)CO. The van der Waals surface area contributed by atoms with E-state index in [1.54, 1.807) is 57.2 Å². The Morgan fingerprint density at radius 1 is 1.36 bits per heavy atom. The first-order chi connectivity index (χ1) is 11.8. The van der Waals surface area contributed by atoms with Crippen molar-refractivity contribution in [1.82, 2.24) is 0 Å². The van der Waals surface area contributed by atoms with Gasteiger partial charge in [-0.2, -0.15) is 0 Å². The molecule has 0 saturated carbocycles. The van der Waals surface area contributed by atoms with Gasteiger partial charge in [0.15, 0.2) is 5.78 Å². The first-order valence-corrected chi connectivity index (χ1v) is 8.27. The summed E-state index contributed by atoms with van der Waals surface area (Å²) in [5, 5.41) is 21.3. The number of Topliss-reactive ketones (excluding diaryl/α,β-unsaturated/α-hetero) is 1. The van der Waals surface area contributed by atoms with Crippen LogP contribution in [0.5, 0.6) is 0 Å². The molecule has 0 aliphatic heterocycles. The molecule has 5 nitrogen and oxygen atoms in total. The zero-order chi connectivity index (χ0) is 18.7. The Morgan fingerprint density at radius 2 is 2.04 bits per heavy atom. The third-order valence-corrected chi connectivity index (χ3v) is 4.68. The Morgan fingerprint density at radius 3 is 2.68 bits per heavy atom. The summed E-state index contributed by atoms with van der Waals surface area (Å²) in [6, 6.07) is 6.85. The summed E-state index contributed by atoms with van der Waals surface area (Å²) in [5.74, 6) is -0.565. The maximum absolute atomic E-state index is 12.4. The summed E-state index contributed by atoms with van der Waals surface area (Å²) < 4.78 is 4.87. The lowest BCUT2D eigenvalue weighted by molar-refractivity contribution is -0.137. The number of esters is 1. The van der Waals surface area contributed by atoms with Crippen molar-refractivity contribution in [3.63, 3.8) is 0 Å². The number of carbonyl (C=O) groups excluding carboxylic acids is 2. The quantitative estimate of drug-likeness (QED) is 0.487. The van der Waals surface area contributed by atoms with Gasteiger partial charge in [0.25, 0.3) is 0 Å². The second kappa shape index (κ2) is 7.33. The molecule has 0 unspecified atom stereocenters. The molecule has 5 heteroatoms. The molecule has 0 bridgehead atoms. The molecule has 2 rings (SSSR count). The van der Waals surface area contributed by atoms with Gasteiger partial charge in [-0.05, 0) is 31.1 Å². The van der Waals surface area contributed by atoms with E-state index in [9.17, 15) is 19.8 Å². The van der Waals surface area contributed by atoms with Gasteiger partial charge < -0.3 is 14.9 Å². The molecule has 0 saturated heterocycles. The van der Waals surface area contributed by atoms with Gasteiger partial charge in [-0.25, -0.2) is 4.79 Å². The van der Waals surface area contributed by atoms with E-state index in [1.165, 1.54) is 6.08 Å². The van der Waals surface area contributed by atoms with Crippen LogP contribution in [0.25, 0.3) is 0 Å². The smallest absolute Gasteiger partial charge is 0.330 e. The molecule has 2 atom stereocenters. The van der Waals surface area contributed by atoms with Gasteiger partial charge in [0.2, 0.25) is 0 Å². The van der Waals surface area contributed by atoms with E-state index in [0.29, 0.717) is 16.7 Å². The van der Waals surface area contributed by atoms with Crippen LogP contribution in [0.2, 0.25) is 0 Å². The number of rotatable bonds is 5. The molecule has 1 aliphatic rings. The average molecular weight is 344 g/mol. The molecule has 25 heavy (non-hydrogen) atoms. The van der Waals surface area contributed by atoms with E-state index in [1.807, 2.05) is 0 Å². The van der Waals surface area contributed by atoms with Crippen LogP contribution >= 0.6 is 0 Å². The highest BCUT2D eigenvalue weighted by Crippen LogP contribution is 2.49. The van der Waals surface area contributed by atoms with Crippen molar-refractivity contribution in [2.75, 3.05) is 13.2 Å². The molecule has 0 aromatic heterocycles. The molecule has 1 aliphatic carbocycles. The molecule has 0 amide bonds. The van der Waals surface area contributed by atoms with Crippen molar-refractivity contribution >= 4 is 11.8 Å². The van der Waals surface area contributed by atoms with Crippen LogP contribution < -0.4 is 0 Å². The lowest BCUT2D eigenvalue weighted by atomic mass is 9.61. The summed E-state index contributed by atoms with van der Waals surface area (Å²) in [4.78, 5) is 23.9. The van der Waals surface area contributed by atoms with Crippen LogP contribution in [-0.4, -0.2) is 35.2 Å². The summed E-state index contributed by atoms with van der Waals surface area (Å²) in [6.45, 7) is 5.05. The van der Waals surface area contributed by atoms with Crippen molar-refractivity contribution in [1.29, 1.82) is 0 Å². The third kappa shape index (κ3) is 3.57. The molecule has 1 aromatic rings. The topological polar surface area (TPSA) is 83.8 Å². The lowest BCUT2D eigenvalue weighted by Crippen LogP contribution is -2.50. The zero-order valence-corrected chi connectivity index (χ0v) is 14.8. The Labute approximate surface area is 147 Å². The number of ether oxygens (including phenoxy) is 1. The number of aliphatic hydroxyl groups is 2. The summed E-state index contributed by atoms with van der Waals surface area (Å²) in [5.41, 5.74) is -1.08. The summed E-state index contributed by atoms with van der Waals surface area (Å²) in [6.07, 6.45) is 4.51. The lowest BCUT2D eigenvalue weighted by Gasteiger charge is -2.46. The fourth-order valence-corrected chi connectivity index (χ4v) is 3.11. The molecular formula is C20H24O5. The van der Waals surface area contributed by atoms with Crippen molar-refractivity contribution < 1.29 is 24.5 Å². The molecular weight excluding hydrogens is 320 g/mol. The van der Waals surface area contributed by atoms with Gasteiger partial charge in [0.05, 0.1) is 13.2 Å². The van der Waals surface area contributed by atoms with Gasteiger partial charge >= 0.3 is 5.97 Å². The van der Waals surface area contributed by atoms with Crippen LogP contribution in [0.1, 0.15) is 43.1 Å². The van der Waals surface area contributed by atoms with Gasteiger partial charge in [0, 0.05) is 23.5 Å². The summed E-state index contributed by atoms with van der Waals surface area (Å²) >= 11 is 0. The van der Waals surface area contributed by atoms with Crippen molar-refractivity contribution in [2.24, 2.45) is 5.41 Å². The van der Waals surface area contributed by atoms with E-state index in [0.717, 1.165) is 0 Å². The van der Waals surface area contributed by atoms with E-state index < -0.39 is 17.0 Å². The second-order valence-corrected chi connectivity index (χ2v) is 6.60. The van der Waals surface area contributed by atoms with E-state index in [2.05, 4.69) is 0 Å². The van der Waals surface area contributed by atoms with Crippen LogP contribution in [-0.2, 0) is 15.1 Å². The first kappa shape index (κ1) is 19.1. The number of ketones is 1. The third-order valence-electron chi connectivity index (χ3n) is 4.68. The molecule has 134 valence electrons. The monoisotopic (exact) mass is 344 g/mol. The van der Waals surface area contributed by atoms with E-state index >= 15 is 0 Å². The normalized spacial score (nSPS) is 26.6. The largest absolute Gasteiger partial charge is 0.463 e. The number of fused-ring (bicyclic) bond motifs is 1. The fraction of sp³-hybridized carbons (Fsp3) is 0.400. The molecule has 0 spiro atoms. The molecule has 0 heterocycles.